The first kappa shape index (κ1) is 17.2. The fourth-order valence-electron chi connectivity index (χ4n) is 2.82. The van der Waals surface area contributed by atoms with Crippen molar-refractivity contribution in [1.29, 1.82) is 0 Å². The van der Waals surface area contributed by atoms with E-state index in [0.717, 1.165) is 5.69 Å². The van der Waals surface area contributed by atoms with Crippen LogP contribution in [0.2, 0.25) is 0 Å². The molecule has 5 nitrogen and oxygen atoms in total. The molecule has 0 radical (unpaired) electrons. The van der Waals surface area contributed by atoms with E-state index < -0.39 is 5.97 Å². The van der Waals surface area contributed by atoms with Crippen LogP contribution in [0, 0.1) is 0 Å². The van der Waals surface area contributed by atoms with Crippen LogP contribution in [0.3, 0.4) is 0 Å². The number of benzene rings is 2. The van der Waals surface area contributed by atoms with Crippen LogP contribution in [0.4, 0.5) is 0 Å². The van der Waals surface area contributed by atoms with Crippen molar-refractivity contribution in [3.05, 3.63) is 70.0 Å². The zero-order valence-electron chi connectivity index (χ0n) is 13.8. The van der Waals surface area contributed by atoms with Gasteiger partial charge in [-0.2, -0.15) is 0 Å². The number of rotatable bonds is 4. The minimum Gasteiger partial charge on any atom is -0.497 e. The van der Waals surface area contributed by atoms with Gasteiger partial charge in [0, 0.05) is 28.0 Å². The van der Waals surface area contributed by atoms with Crippen molar-refractivity contribution in [2.24, 2.45) is 0 Å². The molecule has 25 heavy (non-hydrogen) atoms. The number of carbonyl (C=O) groups is 1. The van der Waals surface area contributed by atoms with Gasteiger partial charge in [-0.25, -0.2) is 4.79 Å². The van der Waals surface area contributed by atoms with E-state index >= 15 is 0 Å². The van der Waals surface area contributed by atoms with Gasteiger partial charge in [-0.3, -0.25) is 4.79 Å². The Kier molecular flexibility index (Phi) is 4.90. The van der Waals surface area contributed by atoms with Gasteiger partial charge in [0.1, 0.15) is 11.4 Å². The highest BCUT2D eigenvalue weighted by atomic mass is 79.9. The molecular weight excluding hydrogens is 386 g/mol. The van der Waals surface area contributed by atoms with E-state index in [2.05, 4.69) is 15.9 Å². The average Bonchev–Trinajstić information content (AvgIpc) is 2.67. The summed E-state index contributed by atoms with van der Waals surface area (Å²) in [5.41, 5.74) is 1.69. The van der Waals surface area contributed by atoms with Crippen LogP contribution >= 0.6 is 15.9 Å². The Morgan fingerprint density at radius 2 is 1.84 bits per heavy atom. The van der Waals surface area contributed by atoms with Crippen molar-refractivity contribution in [2.75, 3.05) is 14.2 Å². The summed E-state index contributed by atoms with van der Waals surface area (Å²) in [6.07, 6.45) is 0. The van der Waals surface area contributed by atoms with Crippen LogP contribution in [0.15, 0.2) is 53.3 Å². The maximum absolute atomic E-state index is 12.9. The summed E-state index contributed by atoms with van der Waals surface area (Å²) in [6.45, 7) is 0. The van der Waals surface area contributed by atoms with Crippen LogP contribution in [0.5, 0.6) is 5.75 Å². The molecule has 0 saturated carbocycles. The van der Waals surface area contributed by atoms with E-state index in [1.165, 1.54) is 7.11 Å². The number of esters is 1. The minimum absolute atomic E-state index is 0.205. The summed E-state index contributed by atoms with van der Waals surface area (Å²) in [5.74, 6) is 0.0270. The number of pyridine rings is 1. The van der Waals surface area contributed by atoms with Gasteiger partial charge in [0.25, 0.3) is 0 Å². The number of hydrogen-bond donors (Lipinski definition) is 0. The van der Waals surface area contributed by atoms with Crippen LogP contribution in [-0.2, 0) is 10.1 Å². The highest BCUT2D eigenvalue weighted by Crippen LogP contribution is 2.26. The van der Waals surface area contributed by atoms with Gasteiger partial charge in [-0.15, -0.1) is 0 Å². The molecule has 6 heteroatoms. The van der Waals surface area contributed by atoms with E-state index in [1.807, 2.05) is 30.3 Å². The van der Waals surface area contributed by atoms with Gasteiger partial charge in [0.05, 0.1) is 19.7 Å². The average molecular weight is 402 g/mol. The maximum Gasteiger partial charge on any atom is 0.355 e. The zero-order valence-corrected chi connectivity index (χ0v) is 15.4. The number of methoxy groups -OCH3 is 2. The number of halogens is 1. The quantitative estimate of drug-likeness (QED) is 0.494. The minimum atomic E-state index is -0.569. The van der Waals surface area contributed by atoms with Crippen LogP contribution < -0.4 is 10.2 Å². The second-order valence-corrected chi connectivity index (χ2v) is 5.90. The molecule has 2 aromatic carbocycles. The number of aromatic nitrogens is 1. The monoisotopic (exact) mass is 401 g/mol. The summed E-state index contributed by atoms with van der Waals surface area (Å²) in [6, 6.07) is 14.6. The molecule has 3 rings (SSSR count). The third kappa shape index (κ3) is 2.93. The van der Waals surface area contributed by atoms with E-state index in [1.54, 1.807) is 29.9 Å². The first-order chi connectivity index (χ1) is 12.1. The summed E-state index contributed by atoms with van der Waals surface area (Å²) in [7, 11) is 2.86. The topological polar surface area (TPSA) is 57.5 Å². The molecule has 0 bridgehead atoms. The SMILES string of the molecule is COC(=O)c1c(CBr)c(=O)c2ccc(OC)cc2n1-c1ccccc1. The van der Waals surface area contributed by atoms with Crippen molar-refractivity contribution < 1.29 is 14.3 Å². The fraction of sp³-hybridized carbons (Fsp3) is 0.158. The van der Waals surface area contributed by atoms with Gasteiger partial charge < -0.3 is 14.0 Å². The number of hydrogen-bond acceptors (Lipinski definition) is 4. The van der Waals surface area contributed by atoms with Gasteiger partial charge >= 0.3 is 5.97 Å². The molecule has 128 valence electrons. The summed E-state index contributed by atoms with van der Waals surface area (Å²) in [4.78, 5) is 25.4. The normalized spacial score (nSPS) is 10.7. The largest absolute Gasteiger partial charge is 0.497 e. The Labute approximate surface area is 152 Å². The molecule has 1 heterocycles. The van der Waals surface area contributed by atoms with Crippen molar-refractivity contribution in [2.45, 2.75) is 5.33 Å². The van der Waals surface area contributed by atoms with E-state index in [-0.39, 0.29) is 16.5 Å². The Bertz CT molecular complexity index is 996. The molecule has 0 spiro atoms. The van der Waals surface area contributed by atoms with Gasteiger partial charge in [0.15, 0.2) is 5.43 Å². The first-order valence-corrected chi connectivity index (χ1v) is 8.69. The Morgan fingerprint density at radius 3 is 2.44 bits per heavy atom. The highest BCUT2D eigenvalue weighted by Gasteiger charge is 2.23. The van der Waals surface area contributed by atoms with Gasteiger partial charge in [-0.05, 0) is 24.3 Å². The Balaban J connectivity index is 2.56. The lowest BCUT2D eigenvalue weighted by Gasteiger charge is -2.19. The molecule has 0 saturated heterocycles. The molecule has 0 fully saturated rings. The van der Waals surface area contributed by atoms with Crippen LogP contribution in [0.25, 0.3) is 16.6 Å². The Hall–Kier alpha value is -2.60. The molecule has 0 aliphatic heterocycles. The molecule has 0 aliphatic rings. The summed E-state index contributed by atoms with van der Waals surface area (Å²) < 4.78 is 12.0. The van der Waals surface area contributed by atoms with E-state index in [0.29, 0.717) is 22.2 Å². The number of ether oxygens (including phenoxy) is 2. The second kappa shape index (κ2) is 7.11. The van der Waals surface area contributed by atoms with E-state index in [9.17, 15) is 9.59 Å². The van der Waals surface area contributed by atoms with Crippen molar-refractivity contribution in [3.63, 3.8) is 0 Å². The Morgan fingerprint density at radius 1 is 1.12 bits per heavy atom. The molecule has 0 unspecified atom stereocenters. The second-order valence-electron chi connectivity index (χ2n) is 5.34. The maximum atomic E-state index is 12.9. The van der Waals surface area contributed by atoms with Crippen molar-refractivity contribution in [3.8, 4) is 11.4 Å². The van der Waals surface area contributed by atoms with Crippen LogP contribution in [0.1, 0.15) is 16.1 Å². The lowest BCUT2D eigenvalue weighted by atomic mass is 10.1. The number of fused-ring (bicyclic) bond motifs is 1. The molecular formula is C19H16BrNO4. The molecule has 0 aliphatic carbocycles. The third-order valence-corrected chi connectivity index (χ3v) is 4.56. The molecule has 0 atom stereocenters. The summed E-state index contributed by atoms with van der Waals surface area (Å²) in [5, 5.41) is 0.747. The molecule has 3 aromatic rings. The van der Waals surface area contributed by atoms with Gasteiger partial charge in [-0.1, -0.05) is 34.1 Å². The van der Waals surface area contributed by atoms with Crippen molar-refractivity contribution in [1.82, 2.24) is 4.57 Å². The van der Waals surface area contributed by atoms with E-state index in [4.69, 9.17) is 9.47 Å². The lowest BCUT2D eigenvalue weighted by molar-refractivity contribution is 0.0590. The molecule has 1 aromatic heterocycles. The predicted molar refractivity (Wildman–Crippen MR) is 100 cm³/mol. The number of para-hydroxylation sites is 1. The number of nitrogens with zero attached hydrogens (tertiary/aromatic N) is 1. The predicted octanol–water partition coefficient (Wildman–Crippen LogP) is 3.68. The summed E-state index contributed by atoms with van der Waals surface area (Å²) >= 11 is 3.33. The first-order valence-electron chi connectivity index (χ1n) is 7.57. The lowest BCUT2D eigenvalue weighted by Crippen LogP contribution is -2.23. The number of carbonyl (C=O) groups excluding carboxylic acids is 1. The number of alkyl halides is 1. The fourth-order valence-corrected chi connectivity index (χ4v) is 3.34. The zero-order chi connectivity index (χ0) is 18.0. The van der Waals surface area contributed by atoms with Gasteiger partial charge in [0.2, 0.25) is 0 Å². The van der Waals surface area contributed by atoms with Crippen molar-refractivity contribution >= 4 is 32.8 Å². The third-order valence-electron chi connectivity index (χ3n) is 4.00. The smallest absolute Gasteiger partial charge is 0.355 e. The van der Waals surface area contributed by atoms with Crippen LogP contribution in [-0.4, -0.2) is 24.8 Å². The molecule has 0 amide bonds. The molecule has 0 N–H and O–H groups in total. The highest BCUT2D eigenvalue weighted by molar-refractivity contribution is 9.08. The standard InChI is InChI=1S/C19H16BrNO4/c1-24-13-8-9-14-16(10-13)21(12-6-4-3-5-7-12)17(19(23)25-2)15(11-20)18(14)22/h3-10H,11H2,1-2H3.